The zero-order valence-electron chi connectivity index (χ0n) is 6.65. The number of carbonyl (C=O) groups is 1. The van der Waals surface area contributed by atoms with Gasteiger partial charge in [-0.1, -0.05) is 0 Å². The molecule has 0 fully saturated rings. The molecule has 0 bridgehead atoms. The molecule has 2 N–H and O–H groups in total. The van der Waals surface area contributed by atoms with Crippen molar-refractivity contribution in [2.45, 2.75) is 6.92 Å². The molecule has 1 aromatic heterocycles. The number of ether oxygens (including phenoxy) is 1. The summed E-state index contributed by atoms with van der Waals surface area (Å²) in [6, 6.07) is 1.42. The van der Waals surface area contributed by atoms with E-state index in [1.165, 1.54) is 12.3 Å². The van der Waals surface area contributed by atoms with Crippen LogP contribution in [-0.4, -0.2) is 22.8 Å². The van der Waals surface area contributed by atoms with Crippen molar-refractivity contribution >= 4 is 11.8 Å². The van der Waals surface area contributed by atoms with Crippen molar-refractivity contribution in [1.82, 2.24) is 10.2 Å². The molecule has 64 valence electrons. The van der Waals surface area contributed by atoms with Crippen molar-refractivity contribution < 1.29 is 9.53 Å². The molecule has 1 aromatic rings. The van der Waals surface area contributed by atoms with Crippen LogP contribution in [-0.2, 0) is 4.74 Å². The minimum absolute atomic E-state index is 0.209. The quantitative estimate of drug-likeness (QED) is 0.638. The second kappa shape index (κ2) is 3.66. The van der Waals surface area contributed by atoms with Crippen LogP contribution < -0.4 is 5.73 Å². The highest BCUT2D eigenvalue weighted by atomic mass is 16.5. The van der Waals surface area contributed by atoms with Crippen molar-refractivity contribution in [3.05, 3.63) is 17.8 Å². The fourth-order valence-corrected chi connectivity index (χ4v) is 0.709. The number of nitrogens with zero attached hydrogens (tertiary/aromatic N) is 2. The number of nitrogen functional groups attached to an aromatic ring is 1. The third-order valence-corrected chi connectivity index (χ3v) is 1.18. The summed E-state index contributed by atoms with van der Waals surface area (Å²) in [7, 11) is 0. The summed E-state index contributed by atoms with van der Waals surface area (Å²) in [5.74, 6) is -0.223. The van der Waals surface area contributed by atoms with E-state index in [4.69, 9.17) is 10.5 Å². The van der Waals surface area contributed by atoms with Crippen molar-refractivity contribution in [2.24, 2.45) is 0 Å². The van der Waals surface area contributed by atoms with E-state index in [-0.39, 0.29) is 5.82 Å². The summed E-state index contributed by atoms with van der Waals surface area (Å²) in [4.78, 5) is 11.1. The molecule has 1 rings (SSSR count). The average Bonchev–Trinajstić information content (AvgIpc) is 2.05. The SMILES string of the molecule is CCOC(=O)c1cnnc(N)c1. The van der Waals surface area contributed by atoms with Crippen molar-refractivity contribution in [3.8, 4) is 0 Å². The molecular formula is C7H9N3O2. The molecule has 0 saturated heterocycles. The smallest absolute Gasteiger partial charge is 0.339 e. The lowest BCUT2D eigenvalue weighted by atomic mass is 10.3. The van der Waals surface area contributed by atoms with Gasteiger partial charge < -0.3 is 10.5 Å². The van der Waals surface area contributed by atoms with E-state index in [0.29, 0.717) is 12.2 Å². The molecule has 5 heteroatoms. The lowest BCUT2D eigenvalue weighted by Crippen LogP contribution is -2.06. The first kappa shape index (κ1) is 8.45. The number of anilines is 1. The van der Waals surface area contributed by atoms with Gasteiger partial charge in [0.25, 0.3) is 0 Å². The monoisotopic (exact) mass is 167 g/mol. The molecule has 0 unspecified atom stereocenters. The Hall–Kier alpha value is -1.65. The Kier molecular flexibility index (Phi) is 2.57. The minimum Gasteiger partial charge on any atom is -0.462 e. The fourth-order valence-electron chi connectivity index (χ4n) is 0.709. The molecule has 0 saturated carbocycles. The highest BCUT2D eigenvalue weighted by molar-refractivity contribution is 5.89. The lowest BCUT2D eigenvalue weighted by molar-refractivity contribution is 0.0525. The molecule has 0 aromatic carbocycles. The maximum Gasteiger partial charge on any atom is 0.339 e. The predicted octanol–water partition coefficient (Wildman–Crippen LogP) is 0.235. The minimum atomic E-state index is -0.431. The zero-order valence-corrected chi connectivity index (χ0v) is 6.65. The normalized spacial score (nSPS) is 9.42. The first-order valence-corrected chi connectivity index (χ1v) is 3.49. The number of hydrogen-bond donors (Lipinski definition) is 1. The van der Waals surface area contributed by atoms with E-state index in [1.807, 2.05) is 0 Å². The molecular weight excluding hydrogens is 158 g/mol. The second-order valence-electron chi connectivity index (χ2n) is 2.09. The Morgan fingerprint density at radius 3 is 3.08 bits per heavy atom. The summed E-state index contributed by atoms with van der Waals surface area (Å²) >= 11 is 0. The van der Waals surface area contributed by atoms with Gasteiger partial charge in [-0.2, -0.15) is 5.10 Å². The fraction of sp³-hybridized carbons (Fsp3) is 0.286. The van der Waals surface area contributed by atoms with E-state index in [1.54, 1.807) is 6.92 Å². The Bertz CT molecular complexity index is 288. The average molecular weight is 167 g/mol. The van der Waals surface area contributed by atoms with Crippen molar-refractivity contribution in [3.63, 3.8) is 0 Å². The van der Waals surface area contributed by atoms with E-state index in [9.17, 15) is 4.79 Å². The van der Waals surface area contributed by atoms with Gasteiger partial charge in [0.1, 0.15) is 5.82 Å². The molecule has 0 atom stereocenters. The van der Waals surface area contributed by atoms with Crippen LogP contribution in [0.2, 0.25) is 0 Å². The predicted molar refractivity (Wildman–Crippen MR) is 42.4 cm³/mol. The van der Waals surface area contributed by atoms with Gasteiger partial charge in [0, 0.05) is 0 Å². The summed E-state index contributed by atoms with van der Waals surface area (Å²) in [6.07, 6.45) is 1.31. The first-order chi connectivity index (χ1) is 5.74. The first-order valence-electron chi connectivity index (χ1n) is 3.49. The van der Waals surface area contributed by atoms with Crippen LogP contribution in [0, 0.1) is 0 Å². The van der Waals surface area contributed by atoms with Gasteiger partial charge in [-0.25, -0.2) is 4.79 Å². The molecule has 5 nitrogen and oxygen atoms in total. The van der Waals surface area contributed by atoms with Gasteiger partial charge in [0.2, 0.25) is 0 Å². The largest absolute Gasteiger partial charge is 0.462 e. The number of nitrogens with two attached hydrogens (primary N) is 1. The molecule has 0 radical (unpaired) electrons. The Morgan fingerprint density at radius 1 is 1.75 bits per heavy atom. The van der Waals surface area contributed by atoms with Gasteiger partial charge in [-0.3, -0.25) is 0 Å². The highest BCUT2D eigenvalue weighted by Crippen LogP contribution is 2.02. The van der Waals surface area contributed by atoms with Gasteiger partial charge >= 0.3 is 5.97 Å². The van der Waals surface area contributed by atoms with Crippen molar-refractivity contribution in [1.29, 1.82) is 0 Å². The van der Waals surface area contributed by atoms with Gasteiger partial charge in [0.05, 0.1) is 18.4 Å². The molecule has 0 spiro atoms. The van der Waals surface area contributed by atoms with Crippen LogP contribution in [0.1, 0.15) is 17.3 Å². The van der Waals surface area contributed by atoms with E-state index in [0.717, 1.165) is 0 Å². The Morgan fingerprint density at radius 2 is 2.50 bits per heavy atom. The van der Waals surface area contributed by atoms with Crippen LogP contribution in [0.25, 0.3) is 0 Å². The number of hydrogen-bond acceptors (Lipinski definition) is 5. The summed E-state index contributed by atoms with van der Waals surface area (Å²) < 4.78 is 4.72. The third kappa shape index (κ3) is 1.91. The molecule has 0 aliphatic heterocycles. The van der Waals surface area contributed by atoms with Crippen LogP contribution in [0.3, 0.4) is 0 Å². The standard InChI is InChI=1S/C7H9N3O2/c1-2-12-7(11)5-3-6(8)10-9-4-5/h3-4H,2H2,1H3,(H2,8,10). The number of carbonyl (C=O) groups excluding carboxylic acids is 1. The van der Waals surface area contributed by atoms with E-state index in [2.05, 4.69) is 10.2 Å². The number of esters is 1. The Balaban J connectivity index is 2.81. The van der Waals surface area contributed by atoms with Gasteiger partial charge in [-0.15, -0.1) is 5.10 Å². The zero-order chi connectivity index (χ0) is 8.97. The van der Waals surface area contributed by atoms with Gasteiger partial charge in [0.15, 0.2) is 0 Å². The summed E-state index contributed by atoms with van der Waals surface area (Å²) in [5.41, 5.74) is 5.63. The van der Waals surface area contributed by atoms with Crippen LogP contribution >= 0.6 is 0 Å². The summed E-state index contributed by atoms with van der Waals surface area (Å²) in [5, 5.41) is 7.01. The van der Waals surface area contributed by atoms with Crippen LogP contribution in [0.15, 0.2) is 12.3 Å². The van der Waals surface area contributed by atoms with Crippen molar-refractivity contribution in [2.75, 3.05) is 12.3 Å². The topological polar surface area (TPSA) is 78.1 Å². The van der Waals surface area contributed by atoms with E-state index >= 15 is 0 Å². The van der Waals surface area contributed by atoms with Crippen LogP contribution in [0.4, 0.5) is 5.82 Å². The Labute approximate surface area is 69.5 Å². The molecule has 1 heterocycles. The summed E-state index contributed by atoms with van der Waals surface area (Å²) in [6.45, 7) is 2.07. The van der Waals surface area contributed by atoms with E-state index < -0.39 is 5.97 Å². The number of rotatable bonds is 2. The highest BCUT2D eigenvalue weighted by Gasteiger charge is 2.06. The third-order valence-electron chi connectivity index (χ3n) is 1.18. The van der Waals surface area contributed by atoms with Crippen LogP contribution in [0.5, 0.6) is 0 Å². The second-order valence-corrected chi connectivity index (χ2v) is 2.09. The number of aromatic nitrogens is 2. The molecule has 0 aliphatic rings. The molecule has 0 aliphatic carbocycles. The lowest BCUT2D eigenvalue weighted by Gasteiger charge is -1.99. The maximum absolute atomic E-state index is 11.1. The maximum atomic E-state index is 11.1. The molecule has 0 amide bonds. The van der Waals surface area contributed by atoms with Gasteiger partial charge in [-0.05, 0) is 13.0 Å². The molecule has 12 heavy (non-hydrogen) atoms.